The highest BCUT2D eigenvalue weighted by atomic mass is 32.1. The van der Waals surface area contributed by atoms with Crippen molar-refractivity contribution in [2.75, 3.05) is 0 Å². The third-order valence-corrected chi connectivity index (χ3v) is 12.5. The molecule has 6 aromatic carbocycles. The Bertz CT molecular complexity index is 2280. The zero-order valence-electron chi connectivity index (χ0n) is 23.2. The van der Waals surface area contributed by atoms with Gasteiger partial charge in [0.25, 0.3) is 0 Å². The second-order valence-corrected chi connectivity index (χ2v) is 14.6. The van der Waals surface area contributed by atoms with E-state index in [0.717, 1.165) is 27.0 Å². The summed E-state index contributed by atoms with van der Waals surface area (Å²) in [4.78, 5) is 4.65. The Morgan fingerprint density at radius 2 is 1.16 bits per heavy atom. The Morgan fingerprint density at radius 3 is 1.93 bits per heavy atom. The summed E-state index contributed by atoms with van der Waals surface area (Å²) in [6.07, 6.45) is 3.66. The maximum absolute atomic E-state index is 15.0. The van der Waals surface area contributed by atoms with Gasteiger partial charge in [-0.1, -0.05) is 121 Å². The highest BCUT2D eigenvalue weighted by molar-refractivity contribution is 7.85. The molecule has 0 unspecified atom stereocenters. The summed E-state index contributed by atoms with van der Waals surface area (Å²) in [5.74, 6) is 0. The maximum Gasteiger partial charge on any atom is 0.172 e. The van der Waals surface area contributed by atoms with Crippen LogP contribution in [0.25, 0.3) is 53.2 Å². The first kappa shape index (κ1) is 25.9. The van der Waals surface area contributed by atoms with Crippen molar-refractivity contribution in [2.45, 2.75) is 0 Å². The molecule has 8 aromatic rings. The third-order valence-electron chi connectivity index (χ3n) is 8.22. The molecule has 0 aliphatic carbocycles. The van der Waals surface area contributed by atoms with E-state index in [9.17, 15) is 0 Å². The average Bonchev–Trinajstić information content (AvgIpc) is 3.47. The van der Waals surface area contributed by atoms with E-state index in [1.807, 2.05) is 66.9 Å². The van der Waals surface area contributed by atoms with E-state index in [-0.39, 0.29) is 0 Å². The molecule has 0 atom stereocenters. The second-order valence-electron chi connectivity index (χ2n) is 10.8. The van der Waals surface area contributed by atoms with E-state index in [2.05, 4.69) is 89.9 Å². The monoisotopic (exact) mass is 587 g/mol. The van der Waals surface area contributed by atoms with E-state index in [1.54, 1.807) is 17.5 Å². The van der Waals surface area contributed by atoms with Crippen LogP contribution in [0.4, 0.5) is 0 Å². The van der Waals surface area contributed by atoms with Crippen molar-refractivity contribution in [3.8, 4) is 22.3 Å². The Kier molecular flexibility index (Phi) is 6.30. The van der Waals surface area contributed by atoms with Gasteiger partial charge >= 0.3 is 0 Å². The average molecular weight is 588 g/mol. The Labute approximate surface area is 254 Å². The number of fused-ring (bicyclic) bond motifs is 4. The van der Waals surface area contributed by atoms with Crippen LogP contribution < -0.4 is 15.9 Å². The molecular weight excluding hydrogens is 561 g/mol. The third kappa shape index (κ3) is 4.41. The first-order chi connectivity index (χ1) is 21.2. The molecule has 0 aliphatic heterocycles. The van der Waals surface area contributed by atoms with Gasteiger partial charge in [-0.3, -0.25) is 4.98 Å². The molecule has 0 amide bonds. The van der Waals surface area contributed by atoms with E-state index in [0.29, 0.717) is 0 Å². The van der Waals surface area contributed by atoms with E-state index in [4.69, 9.17) is 0 Å². The van der Waals surface area contributed by atoms with Crippen LogP contribution in [0.1, 0.15) is 0 Å². The predicted molar refractivity (Wildman–Crippen MR) is 185 cm³/mol. The molecule has 0 N–H and O–H groups in total. The first-order valence-corrected chi connectivity index (χ1v) is 16.8. The molecule has 2 aromatic heterocycles. The zero-order valence-corrected chi connectivity index (χ0v) is 24.9. The summed E-state index contributed by atoms with van der Waals surface area (Å²) < 4.78 is 17.5. The smallest absolute Gasteiger partial charge is 0.172 e. The molecule has 0 bridgehead atoms. The van der Waals surface area contributed by atoms with Crippen molar-refractivity contribution in [3.05, 3.63) is 158 Å². The first-order valence-electron chi connectivity index (χ1n) is 14.3. The van der Waals surface area contributed by atoms with Crippen LogP contribution in [0.5, 0.6) is 0 Å². The number of pyridine rings is 1. The molecule has 43 heavy (non-hydrogen) atoms. The summed E-state index contributed by atoms with van der Waals surface area (Å²) in [7, 11) is -3.13. The second kappa shape index (κ2) is 10.5. The Morgan fingerprint density at radius 1 is 0.488 bits per heavy atom. The van der Waals surface area contributed by atoms with Crippen LogP contribution in [0.2, 0.25) is 0 Å². The normalized spacial score (nSPS) is 11.8. The molecule has 4 heteroatoms. The van der Waals surface area contributed by atoms with Crippen LogP contribution >= 0.6 is 18.5 Å². The van der Waals surface area contributed by atoms with Crippen LogP contribution in [-0.4, -0.2) is 4.98 Å². The van der Waals surface area contributed by atoms with Crippen LogP contribution in [-0.2, 0) is 4.57 Å². The molecule has 2 heterocycles. The van der Waals surface area contributed by atoms with Gasteiger partial charge in [-0.15, -0.1) is 11.3 Å². The van der Waals surface area contributed by atoms with Gasteiger partial charge in [0, 0.05) is 59.6 Å². The number of hydrogen-bond acceptors (Lipinski definition) is 3. The highest BCUT2D eigenvalue weighted by Gasteiger charge is 2.30. The van der Waals surface area contributed by atoms with Crippen LogP contribution in [0, 0.1) is 0 Å². The molecule has 0 saturated carbocycles. The topological polar surface area (TPSA) is 30.0 Å². The number of hydrogen-bond donors (Lipinski definition) is 0. The number of aromatic nitrogens is 1. The van der Waals surface area contributed by atoms with Crippen molar-refractivity contribution in [3.63, 3.8) is 0 Å². The van der Waals surface area contributed by atoms with Gasteiger partial charge in [0.2, 0.25) is 0 Å². The fourth-order valence-electron chi connectivity index (χ4n) is 6.04. The van der Waals surface area contributed by atoms with Gasteiger partial charge < -0.3 is 4.57 Å². The quantitative estimate of drug-likeness (QED) is 0.188. The van der Waals surface area contributed by atoms with Crippen molar-refractivity contribution >= 4 is 65.3 Å². The van der Waals surface area contributed by atoms with Crippen molar-refractivity contribution < 1.29 is 4.57 Å². The minimum absolute atomic E-state index is 0.735. The van der Waals surface area contributed by atoms with Gasteiger partial charge in [-0.05, 0) is 46.2 Å². The molecule has 0 radical (unpaired) electrons. The molecular formula is C39H26NOPS. The van der Waals surface area contributed by atoms with Crippen molar-refractivity contribution in [1.29, 1.82) is 0 Å². The van der Waals surface area contributed by atoms with E-state index in [1.165, 1.54) is 42.1 Å². The van der Waals surface area contributed by atoms with Gasteiger partial charge in [-0.2, -0.15) is 0 Å². The number of benzene rings is 6. The molecule has 0 aliphatic rings. The SMILES string of the molecule is O=P(c1ccccc1)(c1ccccc1)c1cncc(-c2cccc3c2sc2ccc(-c4ccc5ccccc5c4)cc23)c1. The molecule has 2 nitrogen and oxygen atoms in total. The van der Waals surface area contributed by atoms with E-state index >= 15 is 4.57 Å². The lowest BCUT2D eigenvalue weighted by molar-refractivity contribution is 0.592. The van der Waals surface area contributed by atoms with Crippen molar-refractivity contribution in [1.82, 2.24) is 4.98 Å². The fraction of sp³-hybridized carbons (Fsp3) is 0. The predicted octanol–water partition coefficient (Wildman–Crippen LogP) is 9.58. The minimum atomic E-state index is -3.13. The summed E-state index contributed by atoms with van der Waals surface area (Å²) in [6, 6.07) is 50.0. The largest absolute Gasteiger partial charge is 0.309 e. The lowest BCUT2D eigenvalue weighted by Crippen LogP contribution is -2.25. The molecule has 0 fully saturated rings. The van der Waals surface area contributed by atoms with Crippen LogP contribution in [0.15, 0.2) is 158 Å². The van der Waals surface area contributed by atoms with Gasteiger partial charge in [0.1, 0.15) is 0 Å². The van der Waals surface area contributed by atoms with Gasteiger partial charge in [0.05, 0.1) is 0 Å². The molecule has 204 valence electrons. The number of thiophene rings is 1. The van der Waals surface area contributed by atoms with E-state index < -0.39 is 7.14 Å². The zero-order chi connectivity index (χ0) is 28.8. The lowest BCUT2D eigenvalue weighted by Gasteiger charge is -2.20. The summed E-state index contributed by atoms with van der Waals surface area (Å²) in [5, 5.41) is 7.31. The van der Waals surface area contributed by atoms with Gasteiger partial charge in [0.15, 0.2) is 7.14 Å². The van der Waals surface area contributed by atoms with Gasteiger partial charge in [-0.25, -0.2) is 0 Å². The maximum atomic E-state index is 15.0. The highest BCUT2D eigenvalue weighted by Crippen LogP contribution is 2.45. The lowest BCUT2D eigenvalue weighted by atomic mass is 9.99. The Hall–Kier alpha value is -4.82. The molecule has 0 saturated heterocycles. The van der Waals surface area contributed by atoms with Crippen molar-refractivity contribution in [2.24, 2.45) is 0 Å². The number of nitrogens with zero attached hydrogens (tertiary/aromatic N) is 1. The molecule has 8 rings (SSSR count). The summed E-state index contributed by atoms with van der Waals surface area (Å²) in [6.45, 7) is 0. The standard InChI is InChI=1S/C39H26NOPS/c41-42(32-12-3-1-4-13-32,33-14-5-2-6-15-33)34-23-31(25-40-26-34)35-16-9-17-36-37-24-30(20-21-38(37)43-39(35)36)29-19-18-27-10-7-8-11-28(27)22-29/h1-26H. The molecule has 0 spiro atoms. The summed E-state index contributed by atoms with van der Waals surface area (Å²) >= 11 is 1.80. The fourth-order valence-corrected chi connectivity index (χ4v) is 9.89. The minimum Gasteiger partial charge on any atom is -0.309 e. The number of rotatable bonds is 5. The van der Waals surface area contributed by atoms with Crippen LogP contribution in [0.3, 0.4) is 0 Å². The Balaban J connectivity index is 1.27. The summed E-state index contributed by atoms with van der Waals surface area (Å²) in [5.41, 5.74) is 4.49.